The number of hydrogen-bond acceptors (Lipinski definition) is 3. The Hall–Kier alpha value is -0.810. The number of nitrogens with zero attached hydrogens (tertiary/aromatic N) is 2. The van der Waals surface area contributed by atoms with Gasteiger partial charge in [0.15, 0.2) is 0 Å². The Morgan fingerprint density at radius 3 is 2.71 bits per heavy atom. The van der Waals surface area contributed by atoms with Gasteiger partial charge >= 0.3 is 0 Å². The lowest BCUT2D eigenvalue weighted by Gasteiger charge is -2.08. The molecule has 1 aromatic rings. The zero-order chi connectivity index (χ0) is 10.7. The highest BCUT2D eigenvalue weighted by atomic mass is 127. The van der Waals surface area contributed by atoms with E-state index < -0.39 is 6.43 Å². The Morgan fingerprint density at radius 1 is 1.64 bits per heavy atom. The number of nitrogens with two attached hydrogens (primary N) is 1. The summed E-state index contributed by atoms with van der Waals surface area (Å²) in [5, 5.41) is 8.64. The molecule has 0 amide bonds. The Balaban J connectivity index is 3.37. The molecule has 0 aliphatic heterocycles. The standard InChI is InChI=1S/C8H6F2IN3/c9-8(10)5-3-14-6(2-13)4(1-12)7(5)11/h3,8H,1,12H2. The van der Waals surface area contributed by atoms with E-state index in [0.29, 0.717) is 9.13 Å². The summed E-state index contributed by atoms with van der Waals surface area (Å²) < 4.78 is 25.1. The van der Waals surface area contributed by atoms with Crippen LogP contribution in [0.15, 0.2) is 6.20 Å². The summed E-state index contributed by atoms with van der Waals surface area (Å²) in [4.78, 5) is 3.62. The van der Waals surface area contributed by atoms with Crippen LogP contribution in [-0.4, -0.2) is 4.98 Å². The van der Waals surface area contributed by atoms with Crippen molar-refractivity contribution in [3.05, 3.63) is 26.6 Å². The van der Waals surface area contributed by atoms with Crippen molar-refractivity contribution in [3.8, 4) is 6.07 Å². The average Bonchev–Trinajstić information content (AvgIpc) is 2.16. The van der Waals surface area contributed by atoms with Gasteiger partial charge in [-0.1, -0.05) is 0 Å². The first-order chi connectivity index (χ1) is 6.61. The lowest BCUT2D eigenvalue weighted by molar-refractivity contribution is 0.150. The van der Waals surface area contributed by atoms with Gasteiger partial charge in [0.25, 0.3) is 6.43 Å². The molecule has 6 heteroatoms. The zero-order valence-corrected chi connectivity index (χ0v) is 9.12. The fourth-order valence-corrected chi connectivity index (χ4v) is 1.83. The van der Waals surface area contributed by atoms with Crippen LogP contribution in [0, 0.1) is 14.9 Å². The van der Waals surface area contributed by atoms with Gasteiger partial charge in [0, 0.05) is 27.4 Å². The summed E-state index contributed by atoms with van der Waals surface area (Å²) in [5.41, 5.74) is 5.67. The van der Waals surface area contributed by atoms with Crippen LogP contribution in [0.2, 0.25) is 0 Å². The van der Waals surface area contributed by atoms with E-state index in [0.717, 1.165) is 6.20 Å². The minimum Gasteiger partial charge on any atom is -0.326 e. The van der Waals surface area contributed by atoms with Crippen molar-refractivity contribution >= 4 is 22.6 Å². The second-order valence-electron chi connectivity index (χ2n) is 2.47. The highest BCUT2D eigenvalue weighted by Crippen LogP contribution is 2.27. The van der Waals surface area contributed by atoms with Gasteiger partial charge in [-0.05, 0) is 22.6 Å². The van der Waals surface area contributed by atoms with E-state index in [9.17, 15) is 8.78 Å². The number of pyridine rings is 1. The van der Waals surface area contributed by atoms with Crippen molar-refractivity contribution in [1.29, 1.82) is 5.26 Å². The molecule has 0 atom stereocenters. The van der Waals surface area contributed by atoms with Gasteiger partial charge in [0.05, 0.1) is 0 Å². The van der Waals surface area contributed by atoms with Crippen LogP contribution in [-0.2, 0) is 6.54 Å². The molecule has 0 saturated heterocycles. The molecule has 0 radical (unpaired) electrons. The van der Waals surface area contributed by atoms with E-state index >= 15 is 0 Å². The molecule has 0 aromatic carbocycles. The van der Waals surface area contributed by atoms with E-state index in [-0.39, 0.29) is 17.8 Å². The summed E-state index contributed by atoms with van der Waals surface area (Å²) >= 11 is 1.75. The lowest BCUT2D eigenvalue weighted by atomic mass is 10.1. The van der Waals surface area contributed by atoms with E-state index in [1.165, 1.54) is 0 Å². The zero-order valence-electron chi connectivity index (χ0n) is 6.97. The van der Waals surface area contributed by atoms with Gasteiger partial charge in [-0.25, -0.2) is 13.8 Å². The van der Waals surface area contributed by atoms with Gasteiger partial charge in [-0.2, -0.15) is 5.26 Å². The van der Waals surface area contributed by atoms with Crippen molar-refractivity contribution in [2.24, 2.45) is 5.73 Å². The number of aromatic nitrogens is 1. The quantitative estimate of drug-likeness (QED) is 0.849. The van der Waals surface area contributed by atoms with Crippen LogP contribution < -0.4 is 5.73 Å². The molecule has 0 spiro atoms. The normalized spacial score (nSPS) is 10.3. The Kier molecular flexibility index (Phi) is 3.71. The van der Waals surface area contributed by atoms with Crippen LogP contribution in [0.4, 0.5) is 8.78 Å². The topological polar surface area (TPSA) is 62.7 Å². The predicted octanol–water partition coefficient (Wildman–Crippen LogP) is 1.95. The fraction of sp³-hybridized carbons (Fsp3) is 0.250. The number of halogens is 3. The third-order valence-electron chi connectivity index (χ3n) is 1.68. The Labute approximate surface area is 93.1 Å². The largest absolute Gasteiger partial charge is 0.326 e. The van der Waals surface area contributed by atoms with Crippen molar-refractivity contribution in [2.75, 3.05) is 0 Å². The van der Waals surface area contributed by atoms with Crippen LogP contribution in [0.1, 0.15) is 23.2 Å². The highest BCUT2D eigenvalue weighted by Gasteiger charge is 2.17. The monoisotopic (exact) mass is 309 g/mol. The fourth-order valence-electron chi connectivity index (χ4n) is 0.982. The maximum Gasteiger partial charge on any atom is 0.266 e. The van der Waals surface area contributed by atoms with E-state index in [1.807, 2.05) is 6.07 Å². The van der Waals surface area contributed by atoms with Gasteiger partial charge in [0.1, 0.15) is 11.8 Å². The molecule has 0 unspecified atom stereocenters. The molecule has 0 fully saturated rings. The second-order valence-corrected chi connectivity index (χ2v) is 3.55. The predicted molar refractivity (Wildman–Crippen MR) is 54.5 cm³/mol. The number of nitriles is 1. The second kappa shape index (κ2) is 4.61. The summed E-state index contributed by atoms with van der Waals surface area (Å²) in [6.45, 7) is 0.0364. The van der Waals surface area contributed by atoms with Crippen LogP contribution in [0.5, 0.6) is 0 Å². The molecular weight excluding hydrogens is 303 g/mol. The van der Waals surface area contributed by atoms with E-state index in [2.05, 4.69) is 4.98 Å². The maximum atomic E-state index is 12.4. The van der Waals surface area contributed by atoms with Gasteiger partial charge in [-0.3, -0.25) is 0 Å². The minimum atomic E-state index is -2.59. The summed E-state index contributed by atoms with van der Waals surface area (Å²) in [5.74, 6) is 0. The SMILES string of the molecule is N#Cc1ncc(C(F)F)c(I)c1CN. The van der Waals surface area contributed by atoms with Crippen molar-refractivity contribution in [2.45, 2.75) is 13.0 Å². The number of alkyl halides is 2. The number of hydrogen-bond donors (Lipinski definition) is 1. The van der Waals surface area contributed by atoms with Crippen LogP contribution >= 0.6 is 22.6 Å². The highest BCUT2D eigenvalue weighted by molar-refractivity contribution is 14.1. The summed E-state index contributed by atoms with van der Waals surface area (Å²) in [6.07, 6.45) is -1.57. The van der Waals surface area contributed by atoms with Crippen molar-refractivity contribution < 1.29 is 8.78 Å². The first-order valence-corrected chi connectivity index (χ1v) is 4.75. The smallest absolute Gasteiger partial charge is 0.266 e. The molecule has 74 valence electrons. The molecule has 0 bridgehead atoms. The van der Waals surface area contributed by atoms with Gasteiger partial charge in [-0.15, -0.1) is 0 Å². The Morgan fingerprint density at radius 2 is 2.29 bits per heavy atom. The van der Waals surface area contributed by atoms with Crippen molar-refractivity contribution in [1.82, 2.24) is 4.98 Å². The van der Waals surface area contributed by atoms with Gasteiger partial charge in [0.2, 0.25) is 0 Å². The van der Waals surface area contributed by atoms with Crippen LogP contribution in [0.25, 0.3) is 0 Å². The lowest BCUT2D eigenvalue weighted by Crippen LogP contribution is -2.07. The summed E-state index contributed by atoms with van der Waals surface area (Å²) in [7, 11) is 0. The Bertz CT molecular complexity index is 387. The van der Waals surface area contributed by atoms with E-state index in [1.54, 1.807) is 22.6 Å². The third-order valence-corrected chi connectivity index (χ3v) is 2.96. The molecule has 0 aliphatic carbocycles. The molecule has 2 N–H and O–H groups in total. The number of rotatable bonds is 2. The average molecular weight is 309 g/mol. The molecule has 0 aliphatic rings. The molecule has 1 rings (SSSR count). The maximum absolute atomic E-state index is 12.4. The summed E-state index contributed by atoms with van der Waals surface area (Å²) in [6, 6.07) is 1.81. The molecule has 0 saturated carbocycles. The molecule has 1 aromatic heterocycles. The first kappa shape index (κ1) is 11.3. The molecule has 1 heterocycles. The minimum absolute atomic E-state index is 0.0364. The molecule has 14 heavy (non-hydrogen) atoms. The third kappa shape index (κ3) is 1.99. The molecule has 3 nitrogen and oxygen atoms in total. The van der Waals surface area contributed by atoms with Crippen LogP contribution in [0.3, 0.4) is 0 Å². The first-order valence-electron chi connectivity index (χ1n) is 3.67. The molecular formula is C8H6F2IN3. The van der Waals surface area contributed by atoms with E-state index in [4.69, 9.17) is 11.0 Å². The van der Waals surface area contributed by atoms with Crippen molar-refractivity contribution in [3.63, 3.8) is 0 Å². The van der Waals surface area contributed by atoms with Gasteiger partial charge < -0.3 is 5.73 Å².